The number of hydrogen-bond donors (Lipinski definition) is 2. The monoisotopic (exact) mass is 865 g/mol. The molecule has 8 aliphatic rings. The molecule has 0 aromatic heterocycles. The number of nitrogens with two attached hydrogens (primary N) is 2. The molecule has 0 bridgehead atoms. The third kappa shape index (κ3) is 8.60. The van der Waals surface area contributed by atoms with E-state index in [0.29, 0.717) is 33.5 Å². The normalized spacial score (nSPS) is 43.9. The van der Waals surface area contributed by atoms with E-state index < -0.39 is 0 Å². The maximum Gasteiger partial charge on any atom is 0.126 e. The van der Waals surface area contributed by atoms with Crippen LogP contribution in [0.1, 0.15) is 228 Å². The van der Waals surface area contributed by atoms with Gasteiger partial charge in [0.05, 0.1) is 6.61 Å². The lowest BCUT2D eigenvalue weighted by molar-refractivity contribution is -0.114. The smallest absolute Gasteiger partial charge is 0.126 e. The molecule has 0 radical (unpaired) electrons. The lowest BCUT2D eigenvalue weighted by atomic mass is 9.44. The Labute approximate surface area is 389 Å². The van der Waals surface area contributed by atoms with Crippen LogP contribution < -0.4 is 16.2 Å². The van der Waals surface area contributed by atoms with Crippen molar-refractivity contribution in [3.05, 3.63) is 17.7 Å². The molecule has 0 aliphatic heterocycles. The van der Waals surface area contributed by atoms with Gasteiger partial charge < -0.3 is 16.2 Å². The third-order valence-electron chi connectivity index (χ3n) is 23.7. The molecule has 8 aliphatic carbocycles. The van der Waals surface area contributed by atoms with Crippen LogP contribution in [0.5, 0.6) is 5.75 Å². The number of hydrogen-bond acceptors (Lipinski definition) is 3. The zero-order valence-electron chi connectivity index (χ0n) is 42.6. The molecule has 1 aromatic rings. The van der Waals surface area contributed by atoms with Crippen LogP contribution in [-0.2, 0) is 6.42 Å². The molecule has 8 saturated carbocycles. The van der Waals surface area contributed by atoms with Gasteiger partial charge in [-0.2, -0.15) is 0 Å². The summed E-state index contributed by atoms with van der Waals surface area (Å²) in [5.41, 5.74) is 18.4. The minimum Gasteiger partial charge on any atom is -0.493 e. The van der Waals surface area contributed by atoms with Gasteiger partial charge in [0.1, 0.15) is 5.75 Å². The average molecular weight is 865 g/mol. The van der Waals surface area contributed by atoms with Crippen molar-refractivity contribution in [1.82, 2.24) is 0 Å². The molecule has 356 valence electrons. The second-order valence-corrected chi connectivity index (χ2v) is 26.9. The van der Waals surface area contributed by atoms with Crippen molar-refractivity contribution in [3.63, 3.8) is 0 Å². The van der Waals surface area contributed by atoms with Crippen molar-refractivity contribution in [1.29, 1.82) is 0 Å². The Morgan fingerprint density at radius 2 is 1.02 bits per heavy atom. The number of benzene rings is 1. The van der Waals surface area contributed by atoms with Gasteiger partial charge in [-0.15, -0.1) is 0 Å². The first-order valence-corrected chi connectivity index (χ1v) is 28.5. The van der Waals surface area contributed by atoms with E-state index in [-0.39, 0.29) is 0 Å². The zero-order valence-corrected chi connectivity index (χ0v) is 42.6. The van der Waals surface area contributed by atoms with Crippen LogP contribution in [-0.4, -0.2) is 6.61 Å². The van der Waals surface area contributed by atoms with Crippen molar-refractivity contribution in [2.75, 3.05) is 18.1 Å². The maximum absolute atomic E-state index is 6.75. The molecule has 1 aromatic carbocycles. The second kappa shape index (κ2) is 18.6. The Morgan fingerprint density at radius 3 is 1.54 bits per heavy atom. The molecule has 63 heavy (non-hydrogen) atoms. The molecule has 4 unspecified atom stereocenters. The first kappa shape index (κ1) is 46.7. The predicted octanol–water partition coefficient (Wildman–Crippen LogP) is 16.8. The first-order chi connectivity index (χ1) is 30.2. The fourth-order valence-electron chi connectivity index (χ4n) is 20.3. The summed E-state index contributed by atoms with van der Waals surface area (Å²) in [4.78, 5) is 0. The number of ether oxygens (including phenoxy) is 1. The van der Waals surface area contributed by atoms with E-state index in [2.05, 4.69) is 61.5 Å². The van der Waals surface area contributed by atoms with Gasteiger partial charge in [-0.25, -0.2) is 0 Å². The molecule has 8 fully saturated rings. The molecule has 18 atom stereocenters. The Morgan fingerprint density at radius 1 is 0.524 bits per heavy atom. The van der Waals surface area contributed by atoms with E-state index in [0.717, 1.165) is 101 Å². The summed E-state index contributed by atoms with van der Waals surface area (Å²) in [7, 11) is 0. The molecule has 0 spiro atoms. The fraction of sp³-hybridized carbons (Fsp3) is 0.900. The molecule has 0 saturated heterocycles. The van der Waals surface area contributed by atoms with Crippen molar-refractivity contribution in [2.45, 2.75) is 229 Å². The van der Waals surface area contributed by atoms with Gasteiger partial charge in [0.15, 0.2) is 0 Å². The quantitative estimate of drug-likeness (QED) is 0.173. The van der Waals surface area contributed by atoms with Gasteiger partial charge in [0.25, 0.3) is 0 Å². The van der Waals surface area contributed by atoms with Crippen molar-refractivity contribution < 1.29 is 4.74 Å². The van der Waals surface area contributed by atoms with Crippen LogP contribution in [0.3, 0.4) is 0 Å². The Hall–Kier alpha value is -1.38. The molecule has 4 N–H and O–H groups in total. The van der Waals surface area contributed by atoms with Gasteiger partial charge in [0, 0.05) is 23.0 Å². The highest BCUT2D eigenvalue weighted by Gasteiger charge is 2.61. The number of nitrogen functional groups attached to an aromatic ring is 2. The first-order valence-electron chi connectivity index (χ1n) is 28.5. The topological polar surface area (TPSA) is 61.3 Å². The van der Waals surface area contributed by atoms with Crippen molar-refractivity contribution >= 4 is 11.4 Å². The van der Waals surface area contributed by atoms with E-state index in [4.69, 9.17) is 16.2 Å². The summed E-state index contributed by atoms with van der Waals surface area (Å²) in [6.45, 7) is 21.9. The Kier molecular flexibility index (Phi) is 13.8. The van der Waals surface area contributed by atoms with E-state index in [1.54, 1.807) is 12.8 Å². The lowest BCUT2D eigenvalue weighted by Crippen LogP contribution is -2.53. The van der Waals surface area contributed by atoms with Gasteiger partial charge in [0.2, 0.25) is 0 Å². The summed E-state index contributed by atoms with van der Waals surface area (Å²) >= 11 is 0. The largest absolute Gasteiger partial charge is 0.493 e. The van der Waals surface area contributed by atoms with E-state index in [1.807, 2.05) is 6.07 Å². The van der Waals surface area contributed by atoms with E-state index in [9.17, 15) is 0 Å². The summed E-state index contributed by atoms with van der Waals surface area (Å²) < 4.78 is 6.69. The SMILES string of the molecule is CC(CCC[C@@H](C)[C@H]1CC[C@H]2[C@@H]3CCC4CCCC[C@]4(C)[C@H]3CC[C@]12C)COc1cc(N)cc(N)c1CC(C)CCC[C@@H](C)[C@H]1CC[C@H]2[C@@H]3CCC4CCCC[C@]4(C)[C@H]3CC[C@]12C. The average Bonchev–Trinajstić information content (AvgIpc) is 3.80. The Balaban J connectivity index is 0.721. The number of rotatable bonds is 15. The highest BCUT2D eigenvalue weighted by Crippen LogP contribution is 2.70. The van der Waals surface area contributed by atoms with Gasteiger partial charge >= 0.3 is 0 Å². The van der Waals surface area contributed by atoms with Crippen molar-refractivity contribution in [3.8, 4) is 5.75 Å². The highest BCUT2D eigenvalue weighted by molar-refractivity contribution is 5.63. The number of anilines is 2. The molecule has 3 nitrogen and oxygen atoms in total. The van der Waals surface area contributed by atoms with Crippen LogP contribution in [0, 0.1) is 105 Å². The lowest BCUT2D eigenvalue weighted by Gasteiger charge is -2.61. The van der Waals surface area contributed by atoms with E-state index >= 15 is 0 Å². The van der Waals surface area contributed by atoms with Gasteiger partial charge in [-0.05, 0) is 226 Å². The minimum absolute atomic E-state index is 0.526. The maximum atomic E-state index is 6.75. The molecule has 9 rings (SSSR count). The molecular weight excluding hydrogens is 765 g/mol. The standard InChI is InChI=1S/C60H100N2O/c1-39(15-13-17-41(3)49-25-27-51-46-23-21-43-19-9-11-31-57(43,5)53(46)29-33-59(49,51)7)35-48-55(62)36-45(61)37-56(48)63-38-40(2)16-14-18-42(4)50-26-28-52-47-24-22-44-20-10-12-32-58(44,6)54(47)30-34-60(50,52)8/h36-37,39-44,46-47,49-54H,9-35,38,61-62H2,1-8H3/t39?,40?,41-,42-,43?,44?,46+,47+,49-,50-,51+,52+,53+,54+,57+,58+,59-,60-/m1/s1. The molecule has 3 heteroatoms. The van der Waals surface area contributed by atoms with Crippen LogP contribution in [0.2, 0.25) is 0 Å². The summed E-state index contributed by atoms with van der Waals surface area (Å²) in [6.07, 6.45) is 39.2. The molecule has 0 amide bonds. The third-order valence-corrected chi connectivity index (χ3v) is 23.7. The summed E-state index contributed by atoms with van der Waals surface area (Å²) in [5, 5.41) is 0. The van der Waals surface area contributed by atoms with Gasteiger partial charge in [-0.3, -0.25) is 0 Å². The van der Waals surface area contributed by atoms with Crippen molar-refractivity contribution in [2.24, 2.45) is 105 Å². The number of fused-ring (bicyclic) bond motifs is 10. The fourth-order valence-corrected chi connectivity index (χ4v) is 20.3. The summed E-state index contributed by atoms with van der Waals surface area (Å²) in [6, 6.07) is 4.03. The predicted molar refractivity (Wildman–Crippen MR) is 268 cm³/mol. The Bertz CT molecular complexity index is 1700. The minimum atomic E-state index is 0.526. The van der Waals surface area contributed by atoms with Crippen LogP contribution in [0.25, 0.3) is 0 Å². The second-order valence-electron chi connectivity index (χ2n) is 26.9. The molecule has 0 heterocycles. The van der Waals surface area contributed by atoms with Crippen LogP contribution in [0.4, 0.5) is 11.4 Å². The summed E-state index contributed by atoms with van der Waals surface area (Å²) in [5.74, 6) is 13.7. The zero-order chi connectivity index (χ0) is 44.3. The van der Waals surface area contributed by atoms with Gasteiger partial charge in [-0.1, -0.05) is 113 Å². The van der Waals surface area contributed by atoms with E-state index in [1.165, 1.54) is 160 Å². The highest BCUT2D eigenvalue weighted by atomic mass is 16.5. The van der Waals surface area contributed by atoms with Crippen LogP contribution in [0.15, 0.2) is 12.1 Å². The van der Waals surface area contributed by atoms with Crippen LogP contribution >= 0.6 is 0 Å². The molecular formula is C60H100N2O.